The molecule has 3 aromatic rings. The van der Waals surface area contributed by atoms with Gasteiger partial charge < -0.3 is 14.8 Å². The summed E-state index contributed by atoms with van der Waals surface area (Å²) in [6.45, 7) is 4.34. The molecule has 29 heavy (non-hydrogen) atoms. The van der Waals surface area contributed by atoms with Gasteiger partial charge in [-0.15, -0.1) is 0 Å². The predicted octanol–water partition coefficient (Wildman–Crippen LogP) is 5.35. The third-order valence-electron chi connectivity index (χ3n) is 4.51. The van der Waals surface area contributed by atoms with Gasteiger partial charge in [-0.2, -0.15) is 0 Å². The molecule has 2 aromatic carbocycles. The van der Waals surface area contributed by atoms with E-state index in [1.54, 1.807) is 6.07 Å². The Labute approximate surface area is 172 Å². The summed E-state index contributed by atoms with van der Waals surface area (Å²) < 4.78 is 10.3. The molecule has 0 unspecified atom stereocenters. The van der Waals surface area contributed by atoms with Gasteiger partial charge in [-0.1, -0.05) is 49.0 Å². The molecule has 4 rings (SSSR count). The number of hydrogen-bond donors (Lipinski definition) is 1. The second-order valence-electron chi connectivity index (χ2n) is 6.40. The lowest BCUT2D eigenvalue weighted by molar-refractivity contribution is 0.0601. The van der Waals surface area contributed by atoms with Crippen molar-refractivity contribution < 1.29 is 15.7 Å². The van der Waals surface area contributed by atoms with E-state index in [1.807, 2.05) is 6.07 Å². The summed E-state index contributed by atoms with van der Waals surface area (Å²) in [5.41, 5.74) is 4.86. The zero-order valence-corrected chi connectivity index (χ0v) is 16.4. The maximum absolute atomic E-state index is 11.2. The standard InChI is InChI=1S/C15H14O.C9H10N2O2.H2/c1-2-5-12(6-3-1)14-9-8-13-7-4-10-16-15(13)11-14;1-3-11-8-6-10-5-4-7(8)9(12)13-2;/h1-3,5-6,8-9,11H,4,7,10H2;3-6,11H,1H2,2H3;1H. The Balaban J connectivity index is 0.000000212. The van der Waals surface area contributed by atoms with Crippen LogP contribution in [0.15, 0.2) is 79.8 Å². The number of carbonyl (C=O) groups is 1. The molecule has 0 saturated carbocycles. The highest BCUT2D eigenvalue weighted by Gasteiger charge is 2.11. The van der Waals surface area contributed by atoms with E-state index in [2.05, 4.69) is 64.1 Å². The first-order valence-electron chi connectivity index (χ1n) is 9.44. The van der Waals surface area contributed by atoms with Crippen LogP contribution in [-0.4, -0.2) is 24.7 Å². The van der Waals surface area contributed by atoms with E-state index in [9.17, 15) is 4.79 Å². The maximum Gasteiger partial charge on any atom is 0.340 e. The minimum atomic E-state index is -0.397. The molecular formula is C24H26N2O3. The average molecular weight is 390 g/mol. The van der Waals surface area contributed by atoms with E-state index >= 15 is 0 Å². The highest BCUT2D eigenvalue weighted by Crippen LogP contribution is 2.30. The van der Waals surface area contributed by atoms with Gasteiger partial charge in [-0.3, -0.25) is 4.98 Å². The molecule has 1 aliphatic heterocycles. The smallest absolute Gasteiger partial charge is 0.340 e. The Bertz CT molecular complexity index is 977. The number of methoxy groups -OCH3 is 1. The van der Waals surface area contributed by atoms with Crippen LogP contribution in [-0.2, 0) is 11.2 Å². The fourth-order valence-corrected chi connectivity index (χ4v) is 3.06. The van der Waals surface area contributed by atoms with Crippen LogP contribution in [0.25, 0.3) is 11.1 Å². The van der Waals surface area contributed by atoms with Gasteiger partial charge in [0.05, 0.1) is 31.2 Å². The number of nitrogens with one attached hydrogen (secondary N) is 1. The fourth-order valence-electron chi connectivity index (χ4n) is 3.06. The van der Waals surface area contributed by atoms with Crippen molar-refractivity contribution in [3.63, 3.8) is 0 Å². The highest BCUT2D eigenvalue weighted by atomic mass is 16.5. The van der Waals surface area contributed by atoms with E-state index in [-0.39, 0.29) is 1.43 Å². The van der Waals surface area contributed by atoms with Crippen LogP contribution in [0.2, 0.25) is 0 Å². The molecule has 5 nitrogen and oxygen atoms in total. The van der Waals surface area contributed by atoms with Crippen molar-refractivity contribution in [1.82, 2.24) is 4.98 Å². The summed E-state index contributed by atoms with van der Waals surface area (Å²) in [4.78, 5) is 15.0. The number of esters is 1. The van der Waals surface area contributed by atoms with Crippen molar-refractivity contribution in [2.45, 2.75) is 12.8 Å². The van der Waals surface area contributed by atoms with Gasteiger partial charge in [0.2, 0.25) is 0 Å². The molecule has 0 aliphatic carbocycles. The van der Waals surface area contributed by atoms with Gasteiger partial charge in [0.15, 0.2) is 0 Å². The third-order valence-corrected chi connectivity index (χ3v) is 4.51. The minimum Gasteiger partial charge on any atom is -0.493 e. The lowest BCUT2D eigenvalue weighted by Gasteiger charge is -2.17. The van der Waals surface area contributed by atoms with Crippen LogP contribution in [0.4, 0.5) is 5.69 Å². The SMILES string of the molecule is C=CNc1cnccc1C(=O)OC.[HH].c1ccc(-c2ccc3c(c2)OCCC3)cc1. The fraction of sp³-hybridized carbons (Fsp3) is 0.167. The van der Waals surface area contributed by atoms with E-state index in [0.717, 1.165) is 25.2 Å². The van der Waals surface area contributed by atoms with Crippen molar-refractivity contribution in [3.8, 4) is 16.9 Å². The highest BCUT2D eigenvalue weighted by molar-refractivity contribution is 5.95. The topological polar surface area (TPSA) is 60.5 Å². The molecule has 5 heteroatoms. The third kappa shape index (κ3) is 5.23. The Kier molecular flexibility index (Phi) is 7.00. The molecular weight excluding hydrogens is 364 g/mol. The predicted molar refractivity (Wildman–Crippen MR) is 117 cm³/mol. The van der Waals surface area contributed by atoms with Gasteiger partial charge in [-0.05, 0) is 47.9 Å². The lowest BCUT2D eigenvalue weighted by Crippen LogP contribution is -2.07. The number of aryl methyl sites for hydroxylation is 1. The van der Waals surface area contributed by atoms with Crippen molar-refractivity contribution in [3.05, 3.63) is 90.9 Å². The van der Waals surface area contributed by atoms with E-state index in [0.29, 0.717) is 11.3 Å². The quantitative estimate of drug-likeness (QED) is 0.609. The number of rotatable bonds is 4. The number of hydrogen-bond acceptors (Lipinski definition) is 5. The molecule has 0 bridgehead atoms. The largest absolute Gasteiger partial charge is 0.493 e. The van der Waals surface area contributed by atoms with Crippen LogP contribution in [0, 0.1) is 0 Å². The normalized spacial score (nSPS) is 11.8. The van der Waals surface area contributed by atoms with Crippen LogP contribution >= 0.6 is 0 Å². The number of fused-ring (bicyclic) bond motifs is 1. The molecule has 1 N–H and O–H groups in total. The van der Waals surface area contributed by atoms with E-state index < -0.39 is 5.97 Å². The monoisotopic (exact) mass is 390 g/mol. The molecule has 2 heterocycles. The van der Waals surface area contributed by atoms with Gasteiger partial charge >= 0.3 is 5.97 Å². The van der Waals surface area contributed by atoms with Crippen molar-refractivity contribution in [2.24, 2.45) is 0 Å². The molecule has 0 saturated heterocycles. The Hall–Kier alpha value is -3.60. The Morgan fingerprint density at radius 3 is 2.79 bits per heavy atom. The number of carbonyl (C=O) groups excluding carboxylic acids is 1. The van der Waals surface area contributed by atoms with Crippen molar-refractivity contribution in [1.29, 1.82) is 0 Å². The second kappa shape index (κ2) is 10.1. The first-order valence-corrected chi connectivity index (χ1v) is 9.44. The summed E-state index contributed by atoms with van der Waals surface area (Å²) in [5.74, 6) is 0.666. The van der Waals surface area contributed by atoms with Crippen LogP contribution in [0.1, 0.15) is 23.8 Å². The molecule has 1 aliphatic rings. The summed E-state index contributed by atoms with van der Waals surface area (Å²) in [5, 5.41) is 2.79. The summed E-state index contributed by atoms with van der Waals surface area (Å²) >= 11 is 0. The number of benzene rings is 2. The molecule has 0 atom stereocenters. The molecule has 0 radical (unpaired) electrons. The molecule has 0 fully saturated rings. The van der Waals surface area contributed by atoms with Gasteiger partial charge in [0.25, 0.3) is 0 Å². The maximum atomic E-state index is 11.2. The van der Waals surface area contributed by atoms with Crippen molar-refractivity contribution >= 4 is 11.7 Å². The van der Waals surface area contributed by atoms with Gasteiger partial charge in [-0.25, -0.2) is 4.79 Å². The number of anilines is 1. The number of nitrogens with zero attached hydrogens (tertiary/aromatic N) is 1. The van der Waals surface area contributed by atoms with E-state index in [4.69, 9.17) is 4.74 Å². The first-order chi connectivity index (χ1) is 14.2. The number of aromatic nitrogens is 1. The first kappa shape index (κ1) is 20.1. The number of ether oxygens (including phenoxy) is 2. The molecule has 150 valence electrons. The van der Waals surface area contributed by atoms with Crippen LogP contribution in [0.5, 0.6) is 5.75 Å². The lowest BCUT2D eigenvalue weighted by atomic mass is 10.00. The molecule has 0 spiro atoms. The Morgan fingerprint density at radius 1 is 1.21 bits per heavy atom. The zero-order valence-electron chi connectivity index (χ0n) is 16.4. The van der Waals surface area contributed by atoms with Gasteiger partial charge in [0, 0.05) is 7.62 Å². The summed E-state index contributed by atoms with van der Waals surface area (Å²) in [6.07, 6.45) is 6.82. The van der Waals surface area contributed by atoms with Gasteiger partial charge in [0.1, 0.15) is 5.75 Å². The van der Waals surface area contributed by atoms with Crippen LogP contribution < -0.4 is 10.1 Å². The Morgan fingerprint density at radius 2 is 2.03 bits per heavy atom. The average Bonchev–Trinajstić information content (AvgIpc) is 2.80. The van der Waals surface area contributed by atoms with Crippen LogP contribution in [0.3, 0.4) is 0 Å². The zero-order chi connectivity index (χ0) is 20.5. The summed E-state index contributed by atoms with van der Waals surface area (Å²) in [7, 11) is 1.33. The second-order valence-corrected chi connectivity index (χ2v) is 6.40. The summed E-state index contributed by atoms with van der Waals surface area (Å²) in [6, 6.07) is 18.5. The number of pyridine rings is 1. The molecule has 1 aromatic heterocycles. The minimum absolute atomic E-state index is 0. The van der Waals surface area contributed by atoms with Crippen molar-refractivity contribution in [2.75, 3.05) is 19.0 Å². The van der Waals surface area contributed by atoms with E-state index in [1.165, 1.54) is 42.4 Å². The molecule has 0 amide bonds.